The van der Waals surface area contributed by atoms with E-state index < -0.39 is 6.36 Å². The lowest BCUT2D eigenvalue weighted by molar-refractivity contribution is -0.274. The van der Waals surface area contributed by atoms with Gasteiger partial charge in [0.25, 0.3) is 0 Å². The summed E-state index contributed by atoms with van der Waals surface area (Å²) in [5.74, 6) is 5.49. The van der Waals surface area contributed by atoms with Crippen molar-refractivity contribution in [3.63, 3.8) is 0 Å². The van der Waals surface area contributed by atoms with Crippen molar-refractivity contribution < 1.29 is 17.9 Å². The zero-order chi connectivity index (χ0) is 15.5. The number of rotatable bonds is 4. The van der Waals surface area contributed by atoms with Crippen molar-refractivity contribution in [3.05, 3.63) is 36.0 Å². The van der Waals surface area contributed by atoms with Gasteiger partial charge in [0.05, 0.1) is 0 Å². The normalized spacial score (nSPS) is 11.1. The predicted molar refractivity (Wildman–Crippen MR) is 71.0 cm³/mol. The Kier molecular flexibility index (Phi) is 4.13. The number of alkyl halides is 3. The summed E-state index contributed by atoms with van der Waals surface area (Å²) >= 11 is 0. The van der Waals surface area contributed by atoms with E-state index in [1.165, 1.54) is 24.4 Å². The molecule has 4 N–H and O–H groups in total. The molecular weight excluding hydrogens is 287 g/mol. The first-order chi connectivity index (χ1) is 9.87. The van der Waals surface area contributed by atoms with E-state index in [1.807, 2.05) is 0 Å². The van der Waals surface area contributed by atoms with Gasteiger partial charge in [-0.25, -0.2) is 10.8 Å². The van der Waals surface area contributed by atoms with Crippen molar-refractivity contribution in [3.8, 4) is 5.75 Å². The first-order valence-corrected chi connectivity index (χ1v) is 5.80. The molecule has 0 aliphatic heterocycles. The molecule has 0 saturated carbocycles. The summed E-state index contributed by atoms with van der Waals surface area (Å²) in [6, 6.07) is 5.44. The lowest BCUT2D eigenvalue weighted by Gasteiger charge is -2.12. The number of nitrogens with two attached hydrogens (primary N) is 1. The van der Waals surface area contributed by atoms with Crippen molar-refractivity contribution in [2.75, 3.05) is 10.7 Å². The maximum Gasteiger partial charge on any atom is 0.573 e. The molecule has 0 amide bonds. The number of nitrogens with one attached hydrogen (secondary N) is 2. The molecule has 0 aliphatic carbocycles. The Labute approximate surface area is 118 Å². The van der Waals surface area contributed by atoms with E-state index in [0.29, 0.717) is 17.1 Å². The lowest BCUT2D eigenvalue weighted by atomic mass is 10.3. The fourth-order valence-electron chi connectivity index (χ4n) is 1.55. The molecule has 0 atom stereocenters. The summed E-state index contributed by atoms with van der Waals surface area (Å²) in [4.78, 5) is 7.97. The molecule has 1 aromatic carbocycles. The summed E-state index contributed by atoms with van der Waals surface area (Å²) in [6.07, 6.45) is -3.21. The smallest absolute Gasteiger partial charge is 0.406 e. The summed E-state index contributed by atoms with van der Waals surface area (Å²) in [5.41, 5.74) is 3.38. The van der Waals surface area contributed by atoms with Crippen molar-refractivity contribution in [2.45, 2.75) is 13.3 Å². The molecule has 0 saturated heterocycles. The topological polar surface area (TPSA) is 85.1 Å². The zero-order valence-corrected chi connectivity index (χ0v) is 10.9. The Balaban J connectivity index is 2.22. The van der Waals surface area contributed by atoms with Crippen LogP contribution >= 0.6 is 0 Å². The van der Waals surface area contributed by atoms with Gasteiger partial charge in [-0.15, -0.1) is 13.2 Å². The second-order valence-corrected chi connectivity index (χ2v) is 4.07. The van der Waals surface area contributed by atoms with Crippen LogP contribution in [0, 0.1) is 6.92 Å². The number of hydrogen-bond donors (Lipinski definition) is 3. The van der Waals surface area contributed by atoms with E-state index in [-0.39, 0.29) is 11.7 Å². The Hall–Kier alpha value is -2.55. The van der Waals surface area contributed by atoms with E-state index in [4.69, 9.17) is 5.84 Å². The van der Waals surface area contributed by atoms with Crippen molar-refractivity contribution in [1.82, 2.24) is 9.97 Å². The highest BCUT2D eigenvalue weighted by Crippen LogP contribution is 2.27. The largest absolute Gasteiger partial charge is 0.573 e. The maximum atomic E-state index is 12.2. The van der Waals surface area contributed by atoms with Crippen LogP contribution in [0.5, 0.6) is 5.75 Å². The second-order valence-electron chi connectivity index (χ2n) is 4.07. The molecule has 21 heavy (non-hydrogen) atoms. The van der Waals surface area contributed by atoms with Gasteiger partial charge in [0.15, 0.2) is 0 Å². The van der Waals surface area contributed by atoms with Gasteiger partial charge in [-0.2, -0.15) is 4.98 Å². The highest BCUT2D eigenvalue weighted by Gasteiger charge is 2.31. The number of hydrazine groups is 1. The van der Waals surface area contributed by atoms with Crippen LogP contribution in [-0.4, -0.2) is 16.3 Å². The van der Waals surface area contributed by atoms with Crippen molar-refractivity contribution >= 4 is 17.5 Å². The number of anilines is 3. The Morgan fingerprint density at radius 1 is 1.29 bits per heavy atom. The van der Waals surface area contributed by atoms with Gasteiger partial charge < -0.3 is 10.1 Å². The number of ether oxygens (including phenoxy) is 1. The standard InChI is InChI=1S/C12H12F3N5O/c1-7-6-17-11(20-16)19-10(7)18-8-3-2-4-9(5-8)21-12(13,14)15/h2-6H,16H2,1H3,(H2,17,18,19,20). The van der Waals surface area contributed by atoms with Gasteiger partial charge >= 0.3 is 6.36 Å². The van der Waals surface area contributed by atoms with E-state index in [2.05, 4.69) is 25.4 Å². The van der Waals surface area contributed by atoms with Gasteiger partial charge in [-0.3, -0.25) is 5.43 Å². The molecule has 0 fully saturated rings. The predicted octanol–water partition coefficient (Wildman–Crippen LogP) is 2.71. The van der Waals surface area contributed by atoms with Crippen LogP contribution in [0.1, 0.15) is 5.56 Å². The third kappa shape index (κ3) is 4.21. The number of nitrogens with zero attached hydrogens (tertiary/aromatic N) is 2. The van der Waals surface area contributed by atoms with E-state index >= 15 is 0 Å². The molecule has 6 nitrogen and oxygen atoms in total. The molecule has 0 radical (unpaired) electrons. The molecular formula is C12H12F3N5O. The fraction of sp³-hybridized carbons (Fsp3) is 0.167. The van der Waals surface area contributed by atoms with Crippen molar-refractivity contribution in [1.29, 1.82) is 0 Å². The Bertz CT molecular complexity index is 633. The van der Waals surface area contributed by atoms with Gasteiger partial charge in [0.1, 0.15) is 11.6 Å². The third-order valence-electron chi connectivity index (χ3n) is 2.43. The zero-order valence-electron chi connectivity index (χ0n) is 10.9. The van der Waals surface area contributed by atoms with Gasteiger partial charge in [-0.05, 0) is 19.1 Å². The summed E-state index contributed by atoms with van der Waals surface area (Å²) < 4.78 is 40.4. The van der Waals surface area contributed by atoms with Gasteiger partial charge in [0.2, 0.25) is 5.95 Å². The lowest BCUT2D eigenvalue weighted by Crippen LogP contribution is -2.17. The van der Waals surface area contributed by atoms with E-state index in [9.17, 15) is 13.2 Å². The third-order valence-corrected chi connectivity index (χ3v) is 2.43. The van der Waals surface area contributed by atoms with Gasteiger partial charge in [0, 0.05) is 23.5 Å². The highest BCUT2D eigenvalue weighted by atomic mass is 19.4. The first kappa shape index (κ1) is 14.9. The van der Waals surface area contributed by atoms with E-state index in [1.54, 1.807) is 13.0 Å². The number of halogens is 3. The van der Waals surface area contributed by atoms with Crippen LogP contribution in [0.4, 0.5) is 30.6 Å². The molecule has 1 aromatic heterocycles. The summed E-state index contributed by atoms with van der Waals surface area (Å²) in [5, 5.41) is 2.88. The average Bonchev–Trinajstić information content (AvgIpc) is 2.40. The molecule has 112 valence electrons. The molecule has 0 unspecified atom stereocenters. The minimum Gasteiger partial charge on any atom is -0.406 e. The molecule has 9 heteroatoms. The van der Waals surface area contributed by atoms with Gasteiger partial charge in [-0.1, -0.05) is 6.07 Å². The van der Waals surface area contributed by atoms with Crippen LogP contribution in [-0.2, 0) is 0 Å². The van der Waals surface area contributed by atoms with Crippen LogP contribution in [0.2, 0.25) is 0 Å². The number of aryl methyl sites for hydroxylation is 1. The Morgan fingerprint density at radius 2 is 2.05 bits per heavy atom. The van der Waals surface area contributed by atoms with Crippen LogP contribution < -0.4 is 21.3 Å². The van der Waals surface area contributed by atoms with E-state index in [0.717, 1.165) is 0 Å². The quantitative estimate of drug-likeness (QED) is 0.594. The molecule has 2 aromatic rings. The minimum absolute atomic E-state index is 0.186. The SMILES string of the molecule is Cc1cnc(NN)nc1Nc1cccc(OC(F)(F)F)c1. The average molecular weight is 299 g/mol. The molecule has 2 rings (SSSR count). The monoisotopic (exact) mass is 299 g/mol. The summed E-state index contributed by atoms with van der Waals surface area (Å²) in [6.45, 7) is 1.75. The maximum absolute atomic E-state index is 12.2. The number of nitrogen functional groups attached to an aromatic ring is 1. The second kappa shape index (κ2) is 5.83. The minimum atomic E-state index is -4.74. The highest BCUT2D eigenvalue weighted by molar-refractivity contribution is 5.61. The first-order valence-electron chi connectivity index (χ1n) is 5.80. The number of hydrogen-bond acceptors (Lipinski definition) is 6. The Morgan fingerprint density at radius 3 is 2.71 bits per heavy atom. The fourth-order valence-corrected chi connectivity index (χ4v) is 1.55. The van der Waals surface area contributed by atoms with Crippen LogP contribution in [0.15, 0.2) is 30.5 Å². The summed E-state index contributed by atoms with van der Waals surface area (Å²) in [7, 11) is 0. The molecule has 1 heterocycles. The van der Waals surface area contributed by atoms with Crippen LogP contribution in [0.3, 0.4) is 0 Å². The molecule has 0 bridgehead atoms. The number of aromatic nitrogens is 2. The molecule has 0 aliphatic rings. The number of benzene rings is 1. The van der Waals surface area contributed by atoms with Crippen molar-refractivity contribution in [2.24, 2.45) is 5.84 Å². The van der Waals surface area contributed by atoms with Crippen LogP contribution in [0.25, 0.3) is 0 Å². The molecule has 0 spiro atoms.